The number of anilines is 2. The summed E-state index contributed by atoms with van der Waals surface area (Å²) in [4.78, 5) is 27.0. The summed E-state index contributed by atoms with van der Waals surface area (Å²) in [6.45, 7) is 4.65. The molecule has 20 heavy (non-hydrogen) atoms. The lowest BCUT2D eigenvalue weighted by molar-refractivity contribution is -0.119. The molecule has 0 fully saturated rings. The average Bonchev–Trinajstić information content (AvgIpc) is 2.43. The molecule has 0 bridgehead atoms. The van der Waals surface area contributed by atoms with E-state index in [9.17, 15) is 9.59 Å². The second-order valence-electron chi connectivity index (χ2n) is 4.66. The number of pyridine rings is 1. The predicted octanol–water partition coefficient (Wildman–Crippen LogP) is 0.634. The highest BCUT2D eigenvalue weighted by Crippen LogP contribution is 2.20. The number of nitrogens with one attached hydrogen (secondary N) is 2. The number of aromatic nitrogens is 1. The minimum atomic E-state index is -0.544. The van der Waals surface area contributed by atoms with Gasteiger partial charge in [-0.3, -0.25) is 4.79 Å². The molecule has 0 radical (unpaired) electrons. The number of carbonyl (C=O) groups is 2. The van der Waals surface area contributed by atoms with Crippen LogP contribution in [0.15, 0.2) is 12.3 Å². The maximum Gasteiger partial charge on any atom is 0.340 e. The van der Waals surface area contributed by atoms with Crippen molar-refractivity contribution in [1.29, 1.82) is 0 Å². The normalized spacial score (nSPS) is 10.2. The van der Waals surface area contributed by atoms with Crippen LogP contribution in [0.4, 0.5) is 11.5 Å². The smallest absolute Gasteiger partial charge is 0.340 e. The lowest BCUT2D eigenvalue weighted by Crippen LogP contribution is -2.32. The highest BCUT2D eigenvalue weighted by atomic mass is 16.5. The van der Waals surface area contributed by atoms with Crippen molar-refractivity contribution in [2.75, 3.05) is 31.2 Å². The van der Waals surface area contributed by atoms with Gasteiger partial charge in [-0.2, -0.15) is 0 Å². The summed E-state index contributed by atoms with van der Waals surface area (Å²) in [7, 11) is 1.27. The quantitative estimate of drug-likeness (QED) is 0.660. The summed E-state index contributed by atoms with van der Waals surface area (Å²) < 4.78 is 4.61. The number of nitrogens with zero attached hydrogens (tertiary/aromatic N) is 1. The minimum absolute atomic E-state index is 0.0363. The topological polar surface area (TPSA) is 106 Å². The maximum absolute atomic E-state index is 11.6. The predicted molar refractivity (Wildman–Crippen MR) is 76.3 cm³/mol. The standard InChI is InChI=1S/C13H20N4O3/c1-8(2)6-16-10(18)7-17-12-11(14)9(4-5-15-12)13(19)20-3/h4-5,8H,6-7,14H2,1-3H3,(H,15,17)(H,16,18). The lowest BCUT2D eigenvalue weighted by atomic mass is 10.2. The summed E-state index contributed by atoms with van der Waals surface area (Å²) in [6, 6.07) is 1.46. The molecule has 1 rings (SSSR count). The molecule has 0 saturated carbocycles. The monoisotopic (exact) mass is 280 g/mol. The molecular formula is C13H20N4O3. The van der Waals surface area contributed by atoms with Crippen LogP contribution in [-0.2, 0) is 9.53 Å². The van der Waals surface area contributed by atoms with Crippen LogP contribution in [0, 0.1) is 5.92 Å². The van der Waals surface area contributed by atoms with Crippen molar-refractivity contribution < 1.29 is 14.3 Å². The molecule has 1 aromatic heterocycles. The van der Waals surface area contributed by atoms with E-state index in [0.717, 1.165) is 0 Å². The van der Waals surface area contributed by atoms with Gasteiger partial charge in [0.2, 0.25) is 5.91 Å². The molecular weight excluding hydrogens is 260 g/mol. The van der Waals surface area contributed by atoms with Gasteiger partial charge < -0.3 is 21.1 Å². The van der Waals surface area contributed by atoms with E-state index >= 15 is 0 Å². The Kier molecular flexibility index (Phi) is 5.76. The zero-order valence-corrected chi connectivity index (χ0v) is 11.9. The fraction of sp³-hybridized carbons (Fsp3) is 0.462. The van der Waals surface area contributed by atoms with Crippen LogP contribution in [0.2, 0.25) is 0 Å². The van der Waals surface area contributed by atoms with Gasteiger partial charge in [-0.15, -0.1) is 0 Å². The summed E-state index contributed by atoms with van der Waals surface area (Å²) in [6.07, 6.45) is 1.43. The number of nitrogen functional groups attached to an aromatic ring is 1. The lowest BCUT2D eigenvalue weighted by Gasteiger charge is -2.11. The molecule has 4 N–H and O–H groups in total. The molecule has 1 heterocycles. The molecule has 7 heteroatoms. The first-order valence-corrected chi connectivity index (χ1v) is 6.29. The third kappa shape index (κ3) is 4.42. The molecule has 0 aliphatic heterocycles. The number of methoxy groups -OCH3 is 1. The fourth-order valence-electron chi connectivity index (χ4n) is 1.45. The number of amides is 1. The van der Waals surface area contributed by atoms with Crippen LogP contribution in [0.25, 0.3) is 0 Å². The van der Waals surface area contributed by atoms with E-state index in [0.29, 0.717) is 12.5 Å². The number of hydrogen-bond donors (Lipinski definition) is 3. The van der Waals surface area contributed by atoms with E-state index in [1.165, 1.54) is 19.4 Å². The SMILES string of the molecule is COC(=O)c1ccnc(NCC(=O)NCC(C)C)c1N. The minimum Gasteiger partial charge on any atom is -0.465 e. The van der Waals surface area contributed by atoms with Crippen LogP contribution in [0.1, 0.15) is 24.2 Å². The van der Waals surface area contributed by atoms with Crippen molar-refractivity contribution in [2.24, 2.45) is 5.92 Å². The van der Waals surface area contributed by atoms with Crippen LogP contribution in [0.5, 0.6) is 0 Å². The molecule has 0 aliphatic rings. The number of hydrogen-bond acceptors (Lipinski definition) is 6. The van der Waals surface area contributed by atoms with E-state index in [-0.39, 0.29) is 29.5 Å². The van der Waals surface area contributed by atoms with Gasteiger partial charge in [-0.25, -0.2) is 9.78 Å². The Labute approximate surface area is 117 Å². The average molecular weight is 280 g/mol. The van der Waals surface area contributed by atoms with E-state index in [1.807, 2.05) is 13.8 Å². The zero-order valence-electron chi connectivity index (χ0n) is 11.9. The Bertz CT molecular complexity index is 489. The number of carbonyl (C=O) groups excluding carboxylic acids is 2. The first-order valence-electron chi connectivity index (χ1n) is 6.29. The van der Waals surface area contributed by atoms with Crippen molar-refractivity contribution in [1.82, 2.24) is 10.3 Å². The van der Waals surface area contributed by atoms with Crippen LogP contribution in [0.3, 0.4) is 0 Å². The fourth-order valence-corrected chi connectivity index (χ4v) is 1.45. The number of ether oxygens (including phenoxy) is 1. The van der Waals surface area contributed by atoms with Crippen molar-refractivity contribution >= 4 is 23.4 Å². The van der Waals surface area contributed by atoms with Gasteiger partial charge in [0.15, 0.2) is 0 Å². The summed E-state index contributed by atoms with van der Waals surface area (Å²) >= 11 is 0. The van der Waals surface area contributed by atoms with E-state index < -0.39 is 5.97 Å². The van der Waals surface area contributed by atoms with E-state index in [2.05, 4.69) is 20.4 Å². The van der Waals surface area contributed by atoms with E-state index in [1.54, 1.807) is 0 Å². The van der Waals surface area contributed by atoms with Crippen molar-refractivity contribution in [3.05, 3.63) is 17.8 Å². The highest BCUT2D eigenvalue weighted by molar-refractivity contribution is 5.97. The van der Waals surface area contributed by atoms with Gasteiger partial charge in [0.1, 0.15) is 5.82 Å². The summed E-state index contributed by atoms with van der Waals surface area (Å²) in [5.41, 5.74) is 6.19. The summed E-state index contributed by atoms with van der Waals surface area (Å²) in [5.74, 6) is -0.0435. The molecule has 0 saturated heterocycles. The van der Waals surface area contributed by atoms with Gasteiger partial charge in [0.25, 0.3) is 0 Å². The summed E-state index contributed by atoms with van der Waals surface area (Å²) in [5, 5.41) is 5.56. The van der Waals surface area contributed by atoms with Gasteiger partial charge in [0, 0.05) is 12.7 Å². The Balaban J connectivity index is 2.65. The third-order valence-electron chi connectivity index (χ3n) is 2.52. The third-order valence-corrected chi connectivity index (χ3v) is 2.52. The number of esters is 1. The van der Waals surface area contributed by atoms with Crippen molar-refractivity contribution in [3.8, 4) is 0 Å². The zero-order chi connectivity index (χ0) is 15.1. The second-order valence-corrected chi connectivity index (χ2v) is 4.66. The molecule has 7 nitrogen and oxygen atoms in total. The van der Waals surface area contributed by atoms with E-state index in [4.69, 9.17) is 5.73 Å². The Morgan fingerprint density at radius 1 is 1.45 bits per heavy atom. The molecule has 0 atom stereocenters. The molecule has 0 unspecified atom stereocenters. The first-order chi connectivity index (χ1) is 9.45. The van der Waals surface area contributed by atoms with Crippen LogP contribution < -0.4 is 16.4 Å². The van der Waals surface area contributed by atoms with Gasteiger partial charge >= 0.3 is 5.97 Å². The van der Waals surface area contributed by atoms with Crippen LogP contribution in [-0.4, -0.2) is 37.1 Å². The van der Waals surface area contributed by atoms with Crippen molar-refractivity contribution in [2.45, 2.75) is 13.8 Å². The Morgan fingerprint density at radius 3 is 2.75 bits per heavy atom. The molecule has 0 aromatic carbocycles. The Hall–Kier alpha value is -2.31. The molecule has 1 aromatic rings. The van der Waals surface area contributed by atoms with Gasteiger partial charge in [-0.05, 0) is 12.0 Å². The van der Waals surface area contributed by atoms with Gasteiger partial charge in [0.05, 0.1) is 24.9 Å². The van der Waals surface area contributed by atoms with Gasteiger partial charge in [-0.1, -0.05) is 13.8 Å². The second kappa shape index (κ2) is 7.32. The number of nitrogens with two attached hydrogens (primary N) is 1. The highest BCUT2D eigenvalue weighted by Gasteiger charge is 2.14. The molecule has 1 amide bonds. The molecule has 110 valence electrons. The molecule has 0 spiro atoms. The molecule has 0 aliphatic carbocycles. The van der Waals surface area contributed by atoms with Crippen LogP contribution >= 0.6 is 0 Å². The maximum atomic E-state index is 11.6. The number of rotatable bonds is 6. The Morgan fingerprint density at radius 2 is 2.15 bits per heavy atom. The first kappa shape index (κ1) is 15.7. The van der Waals surface area contributed by atoms with Crippen molar-refractivity contribution in [3.63, 3.8) is 0 Å². The largest absolute Gasteiger partial charge is 0.465 e.